The first kappa shape index (κ1) is 17.9. The summed E-state index contributed by atoms with van der Waals surface area (Å²) in [6.45, 7) is 14.6. The molecule has 0 atom stereocenters. The van der Waals surface area contributed by atoms with Crippen molar-refractivity contribution in [3.05, 3.63) is 0 Å². The zero-order chi connectivity index (χ0) is 11.5. The molecule has 0 unspecified atom stereocenters. The molecule has 0 aliphatic heterocycles. The largest absolute Gasteiger partial charge is 0 e. The Kier molecular flexibility index (Phi) is 8.37. The first-order valence-electron chi connectivity index (χ1n) is 5.44. The van der Waals surface area contributed by atoms with Crippen LogP contribution in [0.4, 0.5) is 0 Å². The van der Waals surface area contributed by atoms with Crippen molar-refractivity contribution in [3.63, 3.8) is 0 Å². The maximum absolute atomic E-state index is 11.2. The molecule has 0 aliphatic rings. The normalized spacial score (nSPS) is 12.9. The Balaban J connectivity index is 0. The van der Waals surface area contributed by atoms with E-state index in [2.05, 4.69) is 41.5 Å². The molecular formula is C11H25O2PPd. The Morgan fingerprint density at radius 3 is 1.27 bits per heavy atom. The van der Waals surface area contributed by atoms with Crippen LogP contribution in [0.15, 0.2) is 0 Å². The first-order chi connectivity index (χ1) is 6.25. The standard InChI is InChI=1S/C11H25O2P.Pd/c1-8(2)14(9(3)4,10(5)6)13-11(7)12;/h8-10,14H,1-7H3;. The van der Waals surface area contributed by atoms with Gasteiger partial charge in [0.25, 0.3) is 0 Å². The van der Waals surface area contributed by atoms with Crippen LogP contribution >= 0.6 is 7.49 Å². The van der Waals surface area contributed by atoms with Crippen molar-refractivity contribution in [1.82, 2.24) is 0 Å². The second-order valence-corrected chi connectivity index (χ2v) is 10.3. The van der Waals surface area contributed by atoms with Crippen LogP contribution in [0.3, 0.4) is 0 Å². The summed E-state index contributed by atoms with van der Waals surface area (Å²) in [5.41, 5.74) is 1.43. The molecule has 0 aromatic heterocycles. The van der Waals surface area contributed by atoms with E-state index in [1.807, 2.05) is 0 Å². The maximum Gasteiger partial charge on any atom is 0 e. The summed E-state index contributed by atoms with van der Waals surface area (Å²) < 4.78 is 5.72. The van der Waals surface area contributed by atoms with Crippen LogP contribution in [-0.4, -0.2) is 22.9 Å². The molecule has 0 spiro atoms. The molecule has 0 N–H and O–H groups in total. The number of carbonyl (C=O) groups is 1. The van der Waals surface area contributed by atoms with E-state index in [0.29, 0.717) is 17.0 Å². The Morgan fingerprint density at radius 1 is 0.933 bits per heavy atom. The van der Waals surface area contributed by atoms with Crippen LogP contribution in [0.2, 0.25) is 0 Å². The molecule has 0 aromatic rings. The Bertz CT molecular complexity index is 181. The second kappa shape index (κ2) is 7.00. The van der Waals surface area contributed by atoms with E-state index >= 15 is 0 Å². The van der Waals surface area contributed by atoms with Crippen LogP contribution in [0.5, 0.6) is 0 Å². The van der Waals surface area contributed by atoms with Crippen LogP contribution in [0.1, 0.15) is 48.5 Å². The third kappa shape index (κ3) is 4.14. The molecular weight excluding hydrogens is 302 g/mol. The molecule has 15 heavy (non-hydrogen) atoms. The number of hydrogen-bond acceptors (Lipinski definition) is 2. The monoisotopic (exact) mass is 326 g/mol. The third-order valence-electron chi connectivity index (χ3n) is 3.03. The average Bonchev–Trinajstić information content (AvgIpc) is 1.97. The van der Waals surface area contributed by atoms with Gasteiger partial charge in [-0.2, -0.15) is 0 Å². The summed E-state index contributed by atoms with van der Waals surface area (Å²) in [4.78, 5) is 11.2. The van der Waals surface area contributed by atoms with Gasteiger partial charge >= 0.3 is 88.2 Å². The average molecular weight is 327 g/mol. The Labute approximate surface area is 109 Å². The molecule has 0 saturated carbocycles. The van der Waals surface area contributed by atoms with Gasteiger partial charge in [-0.25, -0.2) is 0 Å². The van der Waals surface area contributed by atoms with Gasteiger partial charge in [-0.1, -0.05) is 0 Å². The second-order valence-electron chi connectivity index (χ2n) is 4.91. The van der Waals surface area contributed by atoms with Gasteiger partial charge in [-0.05, 0) is 0 Å². The van der Waals surface area contributed by atoms with Gasteiger partial charge in [0.05, 0.1) is 0 Å². The van der Waals surface area contributed by atoms with Gasteiger partial charge in [0.15, 0.2) is 0 Å². The number of hydrogen-bond donors (Lipinski definition) is 0. The summed E-state index contributed by atoms with van der Waals surface area (Å²) in [5, 5.41) is 0. The summed E-state index contributed by atoms with van der Waals surface area (Å²) in [5.74, 6) is -0.118. The summed E-state index contributed by atoms with van der Waals surface area (Å²) >= 11 is 0. The summed E-state index contributed by atoms with van der Waals surface area (Å²) in [7, 11) is -1.94. The zero-order valence-corrected chi connectivity index (χ0v) is 13.4. The summed E-state index contributed by atoms with van der Waals surface area (Å²) in [6, 6.07) is 0. The third-order valence-corrected chi connectivity index (χ3v) is 9.08. The van der Waals surface area contributed by atoms with Crippen molar-refractivity contribution in [2.75, 3.05) is 0 Å². The van der Waals surface area contributed by atoms with Gasteiger partial charge < -0.3 is 0 Å². The Morgan fingerprint density at radius 2 is 1.20 bits per heavy atom. The fraction of sp³-hybridized carbons (Fsp3) is 0.909. The van der Waals surface area contributed by atoms with E-state index in [0.717, 1.165) is 0 Å². The molecule has 96 valence electrons. The molecule has 0 radical (unpaired) electrons. The van der Waals surface area contributed by atoms with E-state index in [1.165, 1.54) is 6.92 Å². The van der Waals surface area contributed by atoms with E-state index in [-0.39, 0.29) is 26.4 Å². The number of carbonyl (C=O) groups excluding carboxylic acids is 1. The minimum absolute atomic E-state index is 0. The van der Waals surface area contributed by atoms with Crippen molar-refractivity contribution in [2.24, 2.45) is 0 Å². The first-order valence-corrected chi connectivity index (χ1v) is 7.58. The molecule has 0 heterocycles. The molecule has 4 heteroatoms. The van der Waals surface area contributed by atoms with Gasteiger partial charge in [-0.15, -0.1) is 0 Å². The van der Waals surface area contributed by atoms with Crippen molar-refractivity contribution in [2.45, 2.75) is 65.4 Å². The molecule has 2 nitrogen and oxygen atoms in total. The van der Waals surface area contributed by atoms with E-state index in [1.54, 1.807) is 0 Å². The topological polar surface area (TPSA) is 26.3 Å². The van der Waals surface area contributed by atoms with E-state index in [4.69, 9.17) is 4.52 Å². The van der Waals surface area contributed by atoms with E-state index in [9.17, 15) is 4.79 Å². The van der Waals surface area contributed by atoms with Crippen molar-refractivity contribution in [1.29, 1.82) is 0 Å². The van der Waals surface area contributed by atoms with Crippen LogP contribution in [0.25, 0.3) is 0 Å². The van der Waals surface area contributed by atoms with Gasteiger partial charge in [0.1, 0.15) is 0 Å². The molecule has 0 rings (SSSR count). The van der Waals surface area contributed by atoms with Crippen LogP contribution in [-0.2, 0) is 29.7 Å². The zero-order valence-electron chi connectivity index (χ0n) is 10.9. The van der Waals surface area contributed by atoms with Crippen LogP contribution < -0.4 is 0 Å². The fourth-order valence-electron chi connectivity index (χ4n) is 2.60. The van der Waals surface area contributed by atoms with Crippen molar-refractivity contribution in [3.8, 4) is 0 Å². The van der Waals surface area contributed by atoms with Gasteiger partial charge in [0, 0.05) is 20.4 Å². The van der Waals surface area contributed by atoms with E-state index < -0.39 is 7.49 Å². The summed E-state index contributed by atoms with van der Waals surface area (Å²) in [6.07, 6.45) is 0. The van der Waals surface area contributed by atoms with Gasteiger partial charge in [0.2, 0.25) is 0 Å². The molecule has 0 aromatic carbocycles. The molecule has 0 amide bonds. The minimum Gasteiger partial charge on any atom is 0 e. The minimum atomic E-state index is -1.94. The smallest absolute Gasteiger partial charge is 0 e. The van der Waals surface area contributed by atoms with Gasteiger partial charge in [-0.3, -0.25) is 0 Å². The molecule has 0 saturated heterocycles. The molecule has 0 aliphatic carbocycles. The predicted octanol–water partition coefficient (Wildman–Crippen LogP) is 3.44. The van der Waals surface area contributed by atoms with Crippen molar-refractivity contribution < 1.29 is 29.7 Å². The molecule has 0 fully saturated rings. The fourth-order valence-corrected chi connectivity index (χ4v) is 7.81. The van der Waals surface area contributed by atoms with Crippen LogP contribution in [0, 0.1) is 0 Å². The Hall–Kier alpha value is 0.562. The SMILES string of the molecule is CC(=O)O[PH](C(C)C)(C(C)C)C(C)C.[Pd]. The number of rotatable bonds is 4. The quantitative estimate of drug-likeness (QED) is 0.584. The predicted molar refractivity (Wildman–Crippen MR) is 65.5 cm³/mol. The molecule has 0 bridgehead atoms. The van der Waals surface area contributed by atoms with Crippen molar-refractivity contribution >= 4 is 13.5 Å². The maximum atomic E-state index is 11.2.